The van der Waals surface area contributed by atoms with Gasteiger partial charge >= 0.3 is 0 Å². The van der Waals surface area contributed by atoms with Gasteiger partial charge in [-0.2, -0.15) is 0 Å². The van der Waals surface area contributed by atoms with Crippen molar-refractivity contribution in [3.05, 3.63) is 29.8 Å². The molecule has 0 aliphatic carbocycles. The summed E-state index contributed by atoms with van der Waals surface area (Å²) in [7, 11) is 2.22. The zero-order valence-electron chi connectivity index (χ0n) is 15.7. The number of benzene rings is 1. The van der Waals surface area contributed by atoms with Crippen LogP contribution in [0.1, 0.15) is 37.7 Å². The first-order valence-corrected chi connectivity index (χ1v) is 9.90. The van der Waals surface area contributed by atoms with Crippen molar-refractivity contribution in [3.8, 4) is 0 Å². The van der Waals surface area contributed by atoms with E-state index in [1.807, 2.05) is 0 Å². The molecule has 4 heteroatoms. The Balaban J connectivity index is 1.33. The van der Waals surface area contributed by atoms with Gasteiger partial charge in [0, 0.05) is 45.1 Å². The van der Waals surface area contributed by atoms with Crippen LogP contribution in [0.25, 0.3) is 0 Å². The number of ether oxygens (including phenoxy) is 2. The highest BCUT2D eigenvalue weighted by Gasteiger charge is 2.44. The van der Waals surface area contributed by atoms with Crippen molar-refractivity contribution < 1.29 is 9.47 Å². The van der Waals surface area contributed by atoms with Crippen molar-refractivity contribution in [2.75, 3.05) is 44.9 Å². The molecule has 3 saturated heterocycles. The Hall–Kier alpha value is -1.10. The van der Waals surface area contributed by atoms with Crippen LogP contribution in [0, 0.1) is 6.92 Å². The van der Waals surface area contributed by atoms with Gasteiger partial charge in [0.15, 0.2) is 0 Å². The van der Waals surface area contributed by atoms with Gasteiger partial charge in [-0.15, -0.1) is 0 Å². The number of rotatable bonds is 3. The van der Waals surface area contributed by atoms with Crippen LogP contribution in [0.15, 0.2) is 24.3 Å². The summed E-state index contributed by atoms with van der Waals surface area (Å²) in [6.07, 6.45) is 5.93. The van der Waals surface area contributed by atoms with E-state index in [0.717, 1.165) is 25.9 Å². The van der Waals surface area contributed by atoms with E-state index in [4.69, 9.17) is 9.47 Å². The first kappa shape index (κ1) is 17.3. The Bertz CT molecular complexity index is 560. The molecule has 3 heterocycles. The van der Waals surface area contributed by atoms with Crippen molar-refractivity contribution in [2.45, 2.75) is 56.7 Å². The number of likely N-dealkylation sites (tertiary alicyclic amines) is 1. The molecule has 0 bridgehead atoms. The molecule has 1 aromatic carbocycles. The van der Waals surface area contributed by atoms with Crippen LogP contribution >= 0.6 is 0 Å². The summed E-state index contributed by atoms with van der Waals surface area (Å²) in [5.74, 6) is 0. The molecule has 0 aromatic heterocycles. The van der Waals surface area contributed by atoms with E-state index in [1.54, 1.807) is 0 Å². The van der Waals surface area contributed by atoms with Crippen LogP contribution in [0.2, 0.25) is 0 Å². The van der Waals surface area contributed by atoms with Crippen LogP contribution in [0.5, 0.6) is 0 Å². The molecule has 3 aliphatic rings. The van der Waals surface area contributed by atoms with E-state index < -0.39 is 0 Å². The quantitative estimate of drug-likeness (QED) is 0.840. The molecule has 0 saturated carbocycles. The smallest absolute Gasteiger partial charge is 0.0728 e. The Morgan fingerprint density at radius 2 is 1.76 bits per heavy atom. The fourth-order valence-corrected chi connectivity index (χ4v) is 4.76. The van der Waals surface area contributed by atoms with Gasteiger partial charge in [-0.1, -0.05) is 17.7 Å². The maximum Gasteiger partial charge on any atom is 0.0728 e. The van der Waals surface area contributed by atoms with Gasteiger partial charge in [0.05, 0.1) is 18.2 Å². The van der Waals surface area contributed by atoms with Crippen LogP contribution in [-0.4, -0.2) is 62.5 Å². The third-order valence-electron chi connectivity index (χ3n) is 6.59. The molecule has 4 nitrogen and oxygen atoms in total. The molecular formula is C21H32N2O2. The highest BCUT2D eigenvalue weighted by Crippen LogP contribution is 2.39. The van der Waals surface area contributed by atoms with Gasteiger partial charge in [-0.25, -0.2) is 0 Å². The molecule has 3 fully saturated rings. The SMILES string of the molecule is Cc1ccc(N(C)[C@@H]2COC3(CCN(C4CCOCC4)CC3)C2)cc1. The maximum absolute atomic E-state index is 6.40. The van der Waals surface area contributed by atoms with Crippen molar-refractivity contribution in [1.29, 1.82) is 0 Å². The summed E-state index contributed by atoms with van der Waals surface area (Å²) in [5.41, 5.74) is 2.73. The second kappa shape index (κ2) is 7.26. The van der Waals surface area contributed by atoms with E-state index in [0.29, 0.717) is 6.04 Å². The summed E-state index contributed by atoms with van der Waals surface area (Å²) in [5, 5.41) is 0. The fraction of sp³-hybridized carbons (Fsp3) is 0.714. The monoisotopic (exact) mass is 344 g/mol. The van der Waals surface area contributed by atoms with Crippen molar-refractivity contribution in [1.82, 2.24) is 4.90 Å². The van der Waals surface area contributed by atoms with Crippen LogP contribution in [-0.2, 0) is 9.47 Å². The Morgan fingerprint density at radius 1 is 1.08 bits per heavy atom. The van der Waals surface area contributed by atoms with Crippen LogP contribution in [0.4, 0.5) is 5.69 Å². The molecule has 0 amide bonds. The molecule has 1 atom stereocenters. The minimum atomic E-state index is 0.116. The second-order valence-electron chi connectivity index (χ2n) is 8.18. The van der Waals surface area contributed by atoms with Gasteiger partial charge in [0.1, 0.15) is 0 Å². The maximum atomic E-state index is 6.40. The molecule has 0 radical (unpaired) electrons. The first-order valence-electron chi connectivity index (χ1n) is 9.90. The molecule has 1 aromatic rings. The van der Waals surface area contributed by atoms with E-state index in [9.17, 15) is 0 Å². The van der Waals surface area contributed by atoms with Gasteiger partial charge in [0.25, 0.3) is 0 Å². The summed E-state index contributed by atoms with van der Waals surface area (Å²) in [4.78, 5) is 5.10. The average molecular weight is 344 g/mol. The predicted molar refractivity (Wildman–Crippen MR) is 101 cm³/mol. The van der Waals surface area contributed by atoms with Crippen molar-refractivity contribution in [3.63, 3.8) is 0 Å². The van der Waals surface area contributed by atoms with Gasteiger partial charge in [-0.05, 0) is 51.2 Å². The number of aryl methyl sites for hydroxylation is 1. The van der Waals surface area contributed by atoms with E-state index >= 15 is 0 Å². The Labute approximate surface area is 152 Å². The minimum Gasteiger partial charge on any atom is -0.381 e. The lowest BCUT2D eigenvalue weighted by Gasteiger charge is -2.43. The third-order valence-corrected chi connectivity index (χ3v) is 6.59. The first-order chi connectivity index (χ1) is 12.2. The molecule has 25 heavy (non-hydrogen) atoms. The Kier molecular flexibility index (Phi) is 5.03. The van der Waals surface area contributed by atoms with Gasteiger partial charge in [-0.3, -0.25) is 4.90 Å². The highest BCUT2D eigenvalue weighted by molar-refractivity contribution is 5.48. The van der Waals surface area contributed by atoms with E-state index in [2.05, 4.69) is 48.0 Å². The number of piperidine rings is 1. The number of hydrogen-bond donors (Lipinski definition) is 0. The predicted octanol–water partition coefficient (Wildman–Crippen LogP) is 3.23. The second-order valence-corrected chi connectivity index (χ2v) is 8.18. The number of nitrogens with zero attached hydrogens (tertiary/aromatic N) is 2. The third kappa shape index (κ3) is 3.71. The van der Waals surface area contributed by atoms with E-state index in [-0.39, 0.29) is 5.60 Å². The molecule has 4 rings (SSSR count). The minimum absolute atomic E-state index is 0.116. The van der Waals surface area contributed by atoms with Gasteiger partial charge in [0.2, 0.25) is 0 Å². The molecular weight excluding hydrogens is 312 g/mol. The van der Waals surface area contributed by atoms with Crippen LogP contribution < -0.4 is 4.90 Å². The molecule has 138 valence electrons. The lowest BCUT2D eigenvalue weighted by Crippen LogP contribution is -2.49. The summed E-state index contributed by atoms with van der Waals surface area (Å²) >= 11 is 0. The number of likely N-dealkylation sites (N-methyl/N-ethyl adjacent to an activating group) is 1. The summed E-state index contributed by atoms with van der Waals surface area (Å²) in [6.45, 7) is 7.25. The zero-order chi connectivity index (χ0) is 17.3. The summed E-state index contributed by atoms with van der Waals surface area (Å²) < 4.78 is 11.9. The highest BCUT2D eigenvalue weighted by atomic mass is 16.5. The van der Waals surface area contributed by atoms with Crippen LogP contribution in [0.3, 0.4) is 0 Å². The summed E-state index contributed by atoms with van der Waals surface area (Å²) in [6, 6.07) is 10.1. The standard InChI is InChI=1S/C21H32N2O2/c1-17-3-5-18(6-4-17)22(2)20-15-21(25-16-20)9-11-23(12-10-21)19-7-13-24-14-8-19/h3-6,19-20H,7-16H2,1-2H3/t20-/m0/s1. The average Bonchev–Trinajstić information content (AvgIpc) is 3.07. The normalized spacial score (nSPS) is 27.7. The molecule has 3 aliphatic heterocycles. The number of anilines is 1. The number of hydrogen-bond acceptors (Lipinski definition) is 4. The van der Waals surface area contributed by atoms with Crippen molar-refractivity contribution >= 4 is 5.69 Å². The van der Waals surface area contributed by atoms with E-state index in [1.165, 1.54) is 56.4 Å². The lowest BCUT2D eigenvalue weighted by atomic mass is 9.86. The molecule has 0 unspecified atom stereocenters. The largest absolute Gasteiger partial charge is 0.381 e. The van der Waals surface area contributed by atoms with Gasteiger partial charge < -0.3 is 14.4 Å². The lowest BCUT2D eigenvalue weighted by molar-refractivity contribution is -0.0612. The zero-order valence-corrected chi connectivity index (χ0v) is 15.7. The molecule has 0 N–H and O–H groups in total. The molecule has 1 spiro atoms. The fourth-order valence-electron chi connectivity index (χ4n) is 4.76. The van der Waals surface area contributed by atoms with Crippen molar-refractivity contribution in [2.24, 2.45) is 0 Å². The topological polar surface area (TPSA) is 24.9 Å². The Morgan fingerprint density at radius 3 is 2.44 bits per heavy atom.